The molecule has 1 aliphatic carbocycles. The van der Waals surface area contributed by atoms with Gasteiger partial charge in [-0.3, -0.25) is 0 Å². The van der Waals surface area contributed by atoms with Crippen LogP contribution in [-0.2, 0) is 4.74 Å². The molecule has 1 fully saturated rings. The summed E-state index contributed by atoms with van der Waals surface area (Å²) in [7, 11) is 1.57. The lowest BCUT2D eigenvalue weighted by Crippen LogP contribution is -2.40. The van der Waals surface area contributed by atoms with Gasteiger partial charge in [0.25, 0.3) is 0 Å². The highest BCUT2D eigenvalue weighted by Crippen LogP contribution is 2.26. The number of ether oxygens (including phenoxy) is 2. The number of methoxy groups -OCH3 is 1. The van der Waals surface area contributed by atoms with Crippen LogP contribution in [0, 0.1) is 5.92 Å². The number of rotatable bonds is 5. The number of aromatic nitrogens is 1. The largest absolute Gasteiger partial charge is 0.481 e. The van der Waals surface area contributed by atoms with E-state index in [1.807, 2.05) is 27.0 Å². The van der Waals surface area contributed by atoms with Crippen LogP contribution in [0.5, 0.6) is 5.88 Å². The van der Waals surface area contributed by atoms with E-state index in [1.54, 1.807) is 19.2 Å². The van der Waals surface area contributed by atoms with Crippen LogP contribution >= 0.6 is 0 Å². The van der Waals surface area contributed by atoms with Gasteiger partial charge in [-0.15, -0.1) is 0 Å². The molecule has 7 nitrogen and oxygen atoms in total. The van der Waals surface area contributed by atoms with E-state index in [-0.39, 0.29) is 12.1 Å². The summed E-state index contributed by atoms with van der Waals surface area (Å²) in [5, 5.41) is 6.07. The first kappa shape index (κ1) is 19.9. The summed E-state index contributed by atoms with van der Waals surface area (Å²) in [5.41, 5.74) is 6.01. The molecule has 0 unspecified atom stereocenters. The minimum absolute atomic E-state index is 0.179. The number of anilines is 2. The summed E-state index contributed by atoms with van der Waals surface area (Å²) in [6, 6.07) is 3.66. The number of hydrogen-bond acceptors (Lipinski definition) is 6. The second-order valence-electron chi connectivity index (χ2n) is 7.55. The Hall–Kier alpha value is -2.44. The van der Waals surface area contributed by atoms with Crippen LogP contribution < -0.4 is 21.1 Å². The number of nitrogens with zero attached hydrogens (tertiary/aromatic N) is 1. The molecule has 1 aromatic heterocycles. The van der Waals surface area contributed by atoms with Crippen LogP contribution in [0.3, 0.4) is 0 Å². The maximum absolute atomic E-state index is 11.8. The SMILES string of the molecule is COc1ccc(N)c(N/C=C/[C@H]2CC[C@H](NC(=O)OC(C)(C)C)CC2)n1. The Balaban J connectivity index is 1.76. The maximum Gasteiger partial charge on any atom is 0.407 e. The molecule has 0 saturated heterocycles. The molecular formula is C19H30N4O3. The van der Waals surface area contributed by atoms with Gasteiger partial charge in [-0.2, -0.15) is 4.98 Å². The van der Waals surface area contributed by atoms with Gasteiger partial charge in [-0.25, -0.2) is 4.79 Å². The monoisotopic (exact) mass is 362 g/mol. The lowest BCUT2D eigenvalue weighted by Gasteiger charge is -2.28. The molecule has 0 aliphatic heterocycles. The Bertz CT molecular complexity index is 632. The molecule has 2 rings (SSSR count). The fraction of sp³-hybridized carbons (Fsp3) is 0.579. The topological polar surface area (TPSA) is 98.5 Å². The van der Waals surface area contributed by atoms with E-state index in [0.717, 1.165) is 25.7 Å². The van der Waals surface area contributed by atoms with Gasteiger partial charge in [-0.05, 0) is 64.6 Å². The second-order valence-corrected chi connectivity index (χ2v) is 7.55. The van der Waals surface area contributed by atoms with Crippen molar-refractivity contribution in [2.75, 3.05) is 18.2 Å². The van der Waals surface area contributed by atoms with E-state index in [9.17, 15) is 4.79 Å². The first-order chi connectivity index (χ1) is 12.3. The summed E-state index contributed by atoms with van der Waals surface area (Å²) in [4.78, 5) is 16.1. The van der Waals surface area contributed by atoms with Crippen molar-refractivity contribution in [2.45, 2.75) is 58.1 Å². The number of nitrogens with one attached hydrogen (secondary N) is 2. The smallest absolute Gasteiger partial charge is 0.407 e. The Kier molecular flexibility index (Phi) is 6.71. The highest BCUT2D eigenvalue weighted by atomic mass is 16.6. The van der Waals surface area contributed by atoms with Crippen molar-refractivity contribution in [2.24, 2.45) is 5.92 Å². The standard InChI is InChI=1S/C19H30N4O3/c1-19(2,3)26-18(24)22-14-7-5-13(6-8-14)11-12-21-17-15(20)9-10-16(23-17)25-4/h9-14H,5-8,20H2,1-4H3,(H,21,23)(H,22,24)/b12-11+/t13-,14-. The molecule has 144 valence electrons. The lowest BCUT2D eigenvalue weighted by atomic mass is 9.86. The molecule has 0 aromatic carbocycles. The zero-order valence-corrected chi connectivity index (χ0v) is 16.0. The van der Waals surface area contributed by atoms with Gasteiger partial charge in [-0.1, -0.05) is 6.08 Å². The molecular weight excluding hydrogens is 332 g/mol. The number of carbonyl (C=O) groups is 1. The van der Waals surface area contributed by atoms with Crippen molar-refractivity contribution >= 4 is 17.6 Å². The predicted molar refractivity (Wildman–Crippen MR) is 103 cm³/mol. The van der Waals surface area contributed by atoms with Crippen molar-refractivity contribution in [3.05, 3.63) is 24.4 Å². The van der Waals surface area contributed by atoms with E-state index < -0.39 is 5.60 Å². The Morgan fingerprint density at radius 1 is 1.27 bits per heavy atom. The first-order valence-corrected chi connectivity index (χ1v) is 9.00. The van der Waals surface area contributed by atoms with Gasteiger partial charge in [0, 0.05) is 12.1 Å². The summed E-state index contributed by atoms with van der Waals surface area (Å²) >= 11 is 0. The molecule has 0 spiro atoms. The number of carbonyl (C=O) groups excluding carboxylic acids is 1. The molecule has 7 heteroatoms. The van der Waals surface area contributed by atoms with Crippen molar-refractivity contribution in [1.29, 1.82) is 0 Å². The van der Waals surface area contributed by atoms with Crippen LogP contribution in [0.4, 0.5) is 16.3 Å². The average molecular weight is 362 g/mol. The van der Waals surface area contributed by atoms with Gasteiger partial charge in [0.1, 0.15) is 5.60 Å². The summed E-state index contributed by atoms with van der Waals surface area (Å²) in [6.07, 6.45) is 7.58. The summed E-state index contributed by atoms with van der Waals surface area (Å²) in [5.74, 6) is 1.57. The normalized spacial score (nSPS) is 20.6. The molecule has 1 heterocycles. The minimum atomic E-state index is -0.467. The fourth-order valence-electron chi connectivity index (χ4n) is 2.87. The number of nitrogen functional groups attached to an aromatic ring is 1. The number of hydrogen-bond donors (Lipinski definition) is 3. The number of amides is 1. The maximum atomic E-state index is 11.8. The van der Waals surface area contributed by atoms with Crippen LogP contribution in [0.25, 0.3) is 0 Å². The molecule has 1 aromatic rings. The molecule has 4 N–H and O–H groups in total. The van der Waals surface area contributed by atoms with Gasteiger partial charge in [0.2, 0.25) is 5.88 Å². The molecule has 26 heavy (non-hydrogen) atoms. The lowest BCUT2D eigenvalue weighted by molar-refractivity contribution is 0.0490. The molecule has 1 aliphatic rings. The Morgan fingerprint density at radius 2 is 1.96 bits per heavy atom. The first-order valence-electron chi connectivity index (χ1n) is 9.00. The van der Waals surface area contributed by atoms with Crippen LogP contribution in [0.2, 0.25) is 0 Å². The third kappa shape index (κ3) is 6.46. The van der Waals surface area contributed by atoms with E-state index in [4.69, 9.17) is 15.2 Å². The number of allylic oxidation sites excluding steroid dienone is 1. The zero-order valence-electron chi connectivity index (χ0n) is 16.0. The molecule has 1 amide bonds. The average Bonchev–Trinajstić information content (AvgIpc) is 2.56. The van der Waals surface area contributed by atoms with Gasteiger partial charge >= 0.3 is 6.09 Å². The zero-order chi connectivity index (χ0) is 19.2. The van der Waals surface area contributed by atoms with E-state index in [0.29, 0.717) is 23.3 Å². The summed E-state index contributed by atoms with van der Waals surface area (Å²) in [6.45, 7) is 5.60. The summed E-state index contributed by atoms with van der Waals surface area (Å²) < 4.78 is 10.4. The predicted octanol–water partition coefficient (Wildman–Crippen LogP) is 3.68. The highest BCUT2D eigenvalue weighted by Gasteiger charge is 2.23. The quantitative estimate of drug-likeness (QED) is 0.739. The molecule has 0 atom stereocenters. The highest BCUT2D eigenvalue weighted by molar-refractivity contribution is 5.68. The Morgan fingerprint density at radius 3 is 2.58 bits per heavy atom. The minimum Gasteiger partial charge on any atom is -0.481 e. The van der Waals surface area contributed by atoms with Crippen LogP contribution in [0.1, 0.15) is 46.5 Å². The van der Waals surface area contributed by atoms with Crippen molar-refractivity contribution in [1.82, 2.24) is 10.3 Å². The van der Waals surface area contributed by atoms with Gasteiger partial charge < -0.3 is 25.8 Å². The third-order valence-corrected chi connectivity index (χ3v) is 4.19. The molecule has 1 saturated carbocycles. The van der Waals surface area contributed by atoms with E-state index in [2.05, 4.69) is 21.7 Å². The molecule has 0 bridgehead atoms. The fourth-order valence-corrected chi connectivity index (χ4v) is 2.87. The Labute approximate surface area is 155 Å². The van der Waals surface area contributed by atoms with E-state index in [1.165, 1.54) is 0 Å². The van der Waals surface area contributed by atoms with Crippen molar-refractivity contribution in [3.63, 3.8) is 0 Å². The third-order valence-electron chi connectivity index (χ3n) is 4.19. The van der Waals surface area contributed by atoms with Crippen LogP contribution in [-0.4, -0.2) is 29.8 Å². The van der Waals surface area contributed by atoms with Gasteiger partial charge in [0.15, 0.2) is 5.82 Å². The van der Waals surface area contributed by atoms with Crippen LogP contribution in [0.15, 0.2) is 24.4 Å². The molecule has 0 radical (unpaired) electrons. The number of pyridine rings is 1. The number of alkyl carbamates (subject to hydrolysis) is 1. The van der Waals surface area contributed by atoms with Gasteiger partial charge in [0.05, 0.1) is 12.8 Å². The van der Waals surface area contributed by atoms with Crippen molar-refractivity contribution < 1.29 is 14.3 Å². The second kappa shape index (κ2) is 8.78. The number of nitrogens with two attached hydrogens (primary N) is 1. The van der Waals surface area contributed by atoms with E-state index >= 15 is 0 Å². The van der Waals surface area contributed by atoms with Crippen molar-refractivity contribution in [3.8, 4) is 5.88 Å².